The molecule has 1 heterocycles. The summed E-state index contributed by atoms with van der Waals surface area (Å²) in [7, 11) is 1.47. The molecule has 20 heavy (non-hydrogen) atoms. The quantitative estimate of drug-likeness (QED) is 0.833. The van der Waals surface area contributed by atoms with Crippen LogP contribution in [-0.4, -0.2) is 18.2 Å². The predicted octanol–water partition coefficient (Wildman–Crippen LogP) is 2.16. The Bertz CT molecular complexity index is 729. The third-order valence-corrected chi connectivity index (χ3v) is 2.70. The maximum Gasteiger partial charge on any atom is 0.256 e. The molecule has 1 aromatic carbocycles. The van der Waals surface area contributed by atoms with Gasteiger partial charge in [0, 0.05) is 11.6 Å². The van der Waals surface area contributed by atoms with Crippen LogP contribution in [0, 0.1) is 11.3 Å². The number of pyridine rings is 1. The second-order valence-corrected chi connectivity index (χ2v) is 4.51. The van der Waals surface area contributed by atoms with Gasteiger partial charge in [0.2, 0.25) is 0 Å². The van der Waals surface area contributed by atoms with E-state index in [0.29, 0.717) is 27.8 Å². The molecule has 2 aromatic rings. The number of aromatic amines is 1. The maximum absolute atomic E-state index is 11.9. The van der Waals surface area contributed by atoms with Crippen molar-refractivity contribution < 1.29 is 9.57 Å². The molecular weight excluding hydrogens is 258 g/mol. The molecular formula is C14H15N3O3. The third-order valence-electron chi connectivity index (χ3n) is 2.70. The van der Waals surface area contributed by atoms with Crippen LogP contribution in [0.2, 0.25) is 0 Å². The first-order chi connectivity index (χ1) is 9.56. The fourth-order valence-electron chi connectivity index (χ4n) is 1.92. The van der Waals surface area contributed by atoms with Gasteiger partial charge in [-0.05, 0) is 26.0 Å². The summed E-state index contributed by atoms with van der Waals surface area (Å²) < 4.78 is 5.57. The molecule has 2 N–H and O–H groups in total. The number of H-pyrrole nitrogens is 1. The summed E-state index contributed by atoms with van der Waals surface area (Å²) in [6.45, 7) is 3.72. The zero-order valence-electron chi connectivity index (χ0n) is 11.5. The first-order valence-electron chi connectivity index (χ1n) is 6.12. The van der Waals surface area contributed by atoms with Gasteiger partial charge in [-0.1, -0.05) is 0 Å². The van der Waals surface area contributed by atoms with E-state index < -0.39 is 0 Å². The number of aromatic nitrogens is 1. The lowest BCUT2D eigenvalue weighted by Gasteiger charge is -2.13. The van der Waals surface area contributed by atoms with Crippen LogP contribution in [0.1, 0.15) is 19.4 Å². The van der Waals surface area contributed by atoms with E-state index >= 15 is 0 Å². The monoisotopic (exact) mass is 273 g/mol. The normalized spacial score (nSPS) is 10.6. The van der Waals surface area contributed by atoms with Crippen molar-refractivity contribution in [2.45, 2.75) is 20.0 Å². The van der Waals surface area contributed by atoms with Crippen molar-refractivity contribution >= 4 is 16.5 Å². The number of fused-ring (bicyclic) bond motifs is 1. The number of ether oxygens (including phenoxy) is 1. The first kappa shape index (κ1) is 13.9. The second-order valence-electron chi connectivity index (χ2n) is 4.51. The topological polar surface area (TPSA) is 87.1 Å². The van der Waals surface area contributed by atoms with Crippen molar-refractivity contribution in [1.29, 1.82) is 5.26 Å². The second kappa shape index (κ2) is 5.63. The molecule has 1 aromatic heterocycles. The Labute approximate surface area is 115 Å². The highest BCUT2D eigenvalue weighted by Crippen LogP contribution is 2.28. The minimum Gasteiger partial charge on any atom is -0.490 e. The summed E-state index contributed by atoms with van der Waals surface area (Å²) in [4.78, 5) is 19.4. The Balaban J connectivity index is 2.73. The fourth-order valence-corrected chi connectivity index (χ4v) is 1.92. The van der Waals surface area contributed by atoms with Crippen LogP contribution in [0.4, 0.5) is 5.69 Å². The van der Waals surface area contributed by atoms with Crippen LogP contribution in [-0.2, 0) is 4.84 Å². The summed E-state index contributed by atoms with van der Waals surface area (Å²) in [5.41, 5.74) is 3.37. The molecule has 0 aliphatic rings. The lowest BCUT2D eigenvalue weighted by atomic mass is 10.1. The Morgan fingerprint density at radius 2 is 2.10 bits per heavy atom. The molecule has 0 atom stereocenters. The summed E-state index contributed by atoms with van der Waals surface area (Å²) in [6.07, 6.45) is 1.41. The summed E-state index contributed by atoms with van der Waals surface area (Å²) in [6, 6.07) is 5.27. The highest BCUT2D eigenvalue weighted by atomic mass is 16.6. The number of nitrogens with one attached hydrogen (secondary N) is 2. The average molecular weight is 273 g/mol. The minimum absolute atomic E-state index is 0.0843. The van der Waals surface area contributed by atoms with Crippen molar-refractivity contribution in [3.63, 3.8) is 0 Å². The first-order valence-corrected chi connectivity index (χ1v) is 6.12. The van der Waals surface area contributed by atoms with Crippen LogP contribution in [0.25, 0.3) is 10.8 Å². The van der Waals surface area contributed by atoms with E-state index in [1.54, 1.807) is 12.1 Å². The van der Waals surface area contributed by atoms with Gasteiger partial charge in [-0.3, -0.25) is 15.1 Å². The molecule has 6 heteroatoms. The lowest BCUT2D eigenvalue weighted by Crippen LogP contribution is -2.11. The van der Waals surface area contributed by atoms with Gasteiger partial charge < -0.3 is 9.72 Å². The molecule has 0 spiro atoms. The van der Waals surface area contributed by atoms with Crippen LogP contribution in [0.15, 0.2) is 23.1 Å². The van der Waals surface area contributed by atoms with E-state index in [4.69, 9.17) is 9.57 Å². The number of nitrogens with zero attached hydrogens (tertiary/aromatic N) is 1. The van der Waals surface area contributed by atoms with Crippen molar-refractivity contribution in [3.05, 3.63) is 34.2 Å². The number of anilines is 1. The summed E-state index contributed by atoms with van der Waals surface area (Å²) >= 11 is 0. The van der Waals surface area contributed by atoms with E-state index in [-0.39, 0.29) is 11.7 Å². The van der Waals surface area contributed by atoms with Gasteiger partial charge in [0.05, 0.1) is 29.9 Å². The standard InChI is InChI=1S/C14H15N3O3/c1-8(2)20-13-5-11-10(4-9(13)6-15)12(17-19-3)7-16-14(11)18/h4-5,7-8,17H,1-3H3,(H,16,18). The van der Waals surface area contributed by atoms with E-state index in [1.165, 1.54) is 13.3 Å². The molecule has 0 bridgehead atoms. The molecule has 0 unspecified atom stereocenters. The van der Waals surface area contributed by atoms with Gasteiger partial charge in [-0.15, -0.1) is 0 Å². The van der Waals surface area contributed by atoms with Crippen LogP contribution < -0.4 is 15.8 Å². The molecule has 0 aliphatic heterocycles. The number of nitriles is 1. The molecule has 0 aliphatic carbocycles. The van der Waals surface area contributed by atoms with Crippen molar-refractivity contribution in [3.8, 4) is 11.8 Å². The molecule has 0 saturated carbocycles. The van der Waals surface area contributed by atoms with Crippen molar-refractivity contribution in [1.82, 2.24) is 4.98 Å². The Morgan fingerprint density at radius 1 is 1.35 bits per heavy atom. The minimum atomic E-state index is -0.250. The van der Waals surface area contributed by atoms with Crippen molar-refractivity contribution in [2.24, 2.45) is 0 Å². The molecule has 0 radical (unpaired) electrons. The average Bonchev–Trinajstić information content (AvgIpc) is 2.41. The van der Waals surface area contributed by atoms with Crippen LogP contribution >= 0.6 is 0 Å². The SMILES string of the molecule is CONc1c[nH]c(=O)c2cc(OC(C)C)c(C#N)cc12. The zero-order chi connectivity index (χ0) is 14.7. The third kappa shape index (κ3) is 2.58. The number of hydrogen-bond donors (Lipinski definition) is 2. The van der Waals surface area contributed by atoms with Gasteiger partial charge in [0.1, 0.15) is 11.8 Å². The van der Waals surface area contributed by atoms with E-state index in [9.17, 15) is 10.1 Å². The highest BCUT2D eigenvalue weighted by Gasteiger charge is 2.12. The van der Waals surface area contributed by atoms with Gasteiger partial charge in [-0.2, -0.15) is 5.26 Å². The van der Waals surface area contributed by atoms with Crippen LogP contribution in [0.5, 0.6) is 5.75 Å². The van der Waals surface area contributed by atoms with Gasteiger partial charge >= 0.3 is 0 Å². The summed E-state index contributed by atoms with van der Waals surface area (Å²) in [5, 5.41) is 10.2. The number of benzene rings is 1. The zero-order valence-corrected chi connectivity index (χ0v) is 11.5. The van der Waals surface area contributed by atoms with Crippen LogP contribution in [0.3, 0.4) is 0 Å². The van der Waals surface area contributed by atoms with Gasteiger partial charge in [0.25, 0.3) is 5.56 Å². The largest absolute Gasteiger partial charge is 0.490 e. The predicted molar refractivity (Wildman–Crippen MR) is 75.7 cm³/mol. The van der Waals surface area contributed by atoms with Gasteiger partial charge in [0.15, 0.2) is 0 Å². The smallest absolute Gasteiger partial charge is 0.256 e. The Kier molecular flexibility index (Phi) is 3.91. The summed E-state index contributed by atoms with van der Waals surface area (Å²) in [5.74, 6) is 0.398. The van der Waals surface area contributed by atoms with E-state index in [1.807, 2.05) is 13.8 Å². The lowest BCUT2D eigenvalue weighted by molar-refractivity contribution is 0.242. The molecule has 6 nitrogen and oxygen atoms in total. The molecule has 2 rings (SSSR count). The molecule has 0 saturated heterocycles. The number of rotatable bonds is 4. The fraction of sp³-hybridized carbons (Fsp3) is 0.286. The Hall–Kier alpha value is -2.52. The molecule has 104 valence electrons. The van der Waals surface area contributed by atoms with E-state index in [2.05, 4.69) is 16.5 Å². The van der Waals surface area contributed by atoms with E-state index in [0.717, 1.165) is 0 Å². The highest BCUT2D eigenvalue weighted by molar-refractivity contribution is 5.94. The van der Waals surface area contributed by atoms with Gasteiger partial charge in [-0.25, -0.2) is 0 Å². The Morgan fingerprint density at radius 3 is 2.70 bits per heavy atom. The molecule has 0 amide bonds. The maximum atomic E-state index is 11.9. The molecule has 0 fully saturated rings. The van der Waals surface area contributed by atoms with Crippen molar-refractivity contribution in [2.75, 3.05) is 12.6 Å². The number of hydrogen-bond acceptors (Lipinski definition) is 5.